The van der Waals surface area contributed by atoms with Crippen molar-refractivity contribution in [2.24, 2.45) is 5.92 Å². The van der Waals surface area contributed by atoms with Crippen molar-refractivity contribution in [1.29, 1.82) is 0 Å². The van der Waals surface area contributed by atoms with E-state index in [9.17, 15) is 0 Å². The van der Waals surface area contributed by atoms with Gasteiger partial charge in [-0.2, -0.15) is 0 Å². The Labute approximate surface area is 90.8 Å². The highest BCUT2D eigenvalue weighted by Gasteiger charge is 2.39. The van der Waals surface area contributed by atoms with Crippen molar-refractivity contribution in [3.8, 4) is 0 Å². The van der Waals surface area contributed by atoms with Crippen molar-refractivity contribution in [3.63, 3.8) is 0 Å². The Bertz CT molecular complexity index is 366. The minimum Gasteiger partial charge on any atom is -0.489 e. The third-order valence-electron chi connectivity index (χ3n) is 3.44. The topological polar surface area (TPSA) is 9.23 Å². The fourth-order valence-electron chi connectivity index (χ4n) is 2.58. The molecule has 0 amide bonds. The maximum atomic E-state index is 5.87. The van der Waals surface area contributed by atoms with E-state index in [1.165, 1.54) is 37.0 Å². The van der Waals surface area contributed by atoms with Crippen LogP contribution in [0.15, 0.2) is 42.2 Å². The van der Waals surface area contributed by atoms with Gasteiger partial charge in [-0.15, -0.1) is 0 Å². The highest BCUT2D eigenvalue weighted by Crippen LogP contribution is 2.47. The van der Waals surface area contributed by atoms with E-state index < -0.39 is 0 Å². The van der Waals surface area contributed by atoms with Crippen molar-refractivity contribution in [2.45, 2.75) is 31.8 Å². The minimum atomic E-state index is 0.329. The first-order valence-corrected chi connectivity index (χ1v) is 5.87. The van der Waals surface area contributed by atoms with E-state index in [4.69, 9.17) is 4.74 Å². The fraction of sp³-hybridized carbons (Fsp3) is 0.429. The molecule has 1 heterocycles. The van der Waals surface area contributed by atoms with Gasteiger partial charge >= 0.3 is 0 Å². The van der Waals surface area contributed by atoms with E-state index in [1.807, 2.05) is 0 Å². The normalized spacial score (nSPS) is 29.2. The quantitative estimate of drug-likeness (QED) is 0.669. The standard InChI is InChI=1S/C14H16O/c1-3-7-11(8-4-1)14-12-9-5-2-6-10-13(12)15-14/h1,3-4,7-8,10,12,14H,2,5-6,9H2/t12-,14-/m1/s1. The molecule has 3 rings (SSSR count). The number of hydrogen-bond donors (Lipinski definition) is 0. The second-order valence-corrected chi connectivity index (χ2v) is 4.45. The molecular formula is C14H16O. The average Bonchev–Trinajstić information content (AvgIpc) is 2.43. The van der Waals surface area contributed by atoms with Gasteiger partial charge in [0.25, 0.3) is 0 Å². The van der Waals surface area contributed by atoms with Crippen LogP contribution in [0.4, 0.5) is 0 Å². The predicted octanol–water partition coefficient (Wildman–Crippen LogP) is 3.83. The van der Waals surface area contributed by atoms with Crippen LogP contribution >= 0.6 is 0 Å². The van der Waals surface area contributed by atoms with Crippen LogP contribution in [0.3, 0.4) is 0 Å². The summed E-state index contributed by atoms with van der Waals surface area (Å²) in [5.41, 5.74) is 1.33. The molecule has 1 saturated heterocycles. The Morgan fingerprint density at radius 3 is 2.80 bits per heavy atom. The number of fused-ring (bicyclic) bond motifs is 1. The molecule has 0 saturated carbocycles. The highest BCUT2D eigenvalue weighted by molar-refractivity contribution is 5.26. The molecule has 0 bridgehead atoms. The summed E-state index contributed by atoms with van der Waals surface area (Å²) in [7, 11) is 0. The zero-order valence-electron chi connectivity index (χ0n) is 8.86. The summed E-state index contributed by atoms with van der Waals surface area (Å²) in [6.07, 6.45) is 7.79. The van der Waals surface area contributed by atoms with Crippen LogP contribution < -0.4 is 0 Å². The molecule has 0 aromatic heterocycles. The van der Waals surface area contributed by atoms with Gasteiger partial charge in [-0.1, -0.05) is 36.8 Å². The Kier molecular flexibility index (Phi) is 2.24. The molecule has 0 N–H and O–H groups in total. The van der Waals surface area contributed by atoms with Gasteiger partial charge in [0.1, 0.15) is 11.9 Å². The molecule has 0 radical (unpaired) electrons. The third-order valence-corrected chi connectivity index (χ3v) is 3.44. The molecule has 15 heavy (non-hydrogen) atoms. The SMILES string of the molecule is C1=C2O[C@H](c3ccccc3)[C@@H]2CCCC1. The summed E-state index contributed by atoms with van der Waals surface area (Å²) < 4.78 is 5.87. The van der Waals surface area contributed by atoms with E-state index in [-0.39, 0.29) is 0 Å². The Balaban J connectivity index is 1.81. The molecule has 1 aliphatic carbocycles. The van der Waals surface area contributed by atoms with E-state index in [0.29, 0.717) is 12.0 Å². The zero-order chi connectivity index (χ0) is 10.1. The molecule has 1 heteroatoms. The molecule has 1 nitrogen and oxygen atoms in total. The van der Waals surface area contributed by atoms with E-state index in [1.54, 1.807) is 0 Å². The molecule has 0 spiro atoms. The van der Waals surface area contributed by atoms with Crippen molar-refractivity contribution < 1.29 is 4.74 Å². The third kappa shape index (κ3) is 1.56. The number of ether oxygens (including phenoxy) is 1. The van der Waals surface area contributed by atoms with Crippen LogP contribution in [-0.2, 0) is 4.74 Å². The molecule has 1 aliphatic heterocycles. The predicted molar refractivity (Wildman–Crippen MR) is 60.3 cm³/mol. The zero-order valence-corrected chi connectivity index (χ0v) is 8.86. The summed E-state index contributed by atoms with van der Waals surface area (Å²) in [6, 6.07) is 10.6. The first-order chi connectivity index (χ1) is 7.45. The first kappa shape index (κ1) is 9.02. The van der Waals surface area contributed by atoms with Gasteiger partial charge < -0.3 is 4.74 Å². The van der Waals surface area contributed by atoms with Gasteiger partial charge in [0, 0.05) is 0 Å². The van der Waals surface area contributed by atoms with E-state index in [0.717, 1.165) is 0 Å². The lowest BCUT2D eigenvalue weighted by atomic mass is 9.86. The van der Waals surface area contributed by atoms with Crippen LogP contribution in [0, 0.1) is 5.92 Å². The monoisotopic (exact) mass is 200 g/mol. The molecule has 2 atom stereocenters. The molecule has 1 aromatic rings. The lowest BCUT2D eigenvalue weighted by molar-refractivity contribution is -0.0490. The molecule has 0 unspecified atom stereocenters. The second kappa shape index (κ2) is 3.73. The Morgan fingerprint density at radius 1 is 1.07 bits per heavy atom. The van der Waals surface area contributed by atoms with Gasteiger partial charge in [0.2, 0.25) is 0 Å². The number of hydrogen-bond acceptors (Lipinski definition) is 1. The fourth-order valence-corrected chi connectivity index (χ4v) is 2.58. The van der Waals surface area contributed by atoms with Crippen LogP contribution in [0.2, 0.25) is 0 Å². The van der Waals surface area contributed by atoms with Crippen LogP contribution in [0.1, 0.15) is 37.4 Å². The van der Waals surface area contributed by atoms with E-state index >= 15 is 0 Å². The van der Waals surface area contributed by atoms with E-state index in [2.05, 4.69) is 36.4 Å². The highest BCUT2D eigenvalue weighted by atomic mass is 16.5. The second-order valence-electron chi connectivity index (χ2n) is 4.45. The summed E-state index contributed by atoms with van der Waals surface area (Å²) >= 11 is 0. The largest absolute Gasteiger partial charge is 0.489 e. The number of allylic oxidation sites excluding steroid dienone is 1. The molecule has 1 fully saturated rings. The smallest absolute Gasteiger partial charge is 0.133 e. The molecule has 78 valence electrons. The Hall–Kier alpha value is -1.24. The lowest BCUT2D eigenvalue weighted by Gasteiger charge is -2.40. The van der Waals surface area contributed by atoms with Crippen molar-refractivity contribution in [2.75, 3.05) is 0 Å². The summed E-state index contributed by atoms with van der Waals surface area (Å²) in [5.74, 6) is 1.91. The van der Waals surface area contributed by atoms with Crippen molar-refractivity contribution >= 4 is 0 Å². The lowest BCUT2D eigenvalue weighted by Crippen LogP contribution is -2.29. The molecule has 1 aromatic carbocycles. The summed E-state index contributed by atoms with van der Waals surface area (Å²) in [4.78, 5) is 0. The van der Waals surface area contributed by atoms with Crippen molar-refractivity contribution in [3.05, 3.63) is 47.7 Å². The molecular weight excluding hydrogens is 184 g/mol. The van der Waals surface area contributed by atoms with Crippen LogP contribution in [-0.4, -0.2) is 0 Å². The van der Waals surface area contributed by atoms with Gasteiger partial charge in [-0.25, -0.2) is 0 Å². The number of rotatable bonds is 1. The average molecular weight is 200 g/mol. The minimum absolute atomic E-state index is 0.329. The first-order valence-electron chi connectivity index (χ1n) is 5.87. The summed E-state index contributed by atoms with van der Waals surface area (Å²) in [5, 5.41) is 0. The van der Waals surface area contributed by atoms with Gasteiger partial charge in [-0.05, 0) is 30.9 Å². The van der Waals surface area contributed by atoms with Crippen molar-refractivity contribution in [1.82, 2.24) is 0 Å². The van der Waals surface area contributed by atoms with Gasteiger partial charge in [0.15, 0.2) is 0 Å². The van der Waals surface area contributed by atoms with Crippen LogP contribution in [0.5, 0.6) is 0 Å². The van der Waals surface area contributed by atoms with Gasteiger partial charge in [0.05, 0.1) is 5.92 Å². The van der Waals surface area contributed by atoms with Gasteiger partial charge in [-0.3, -0.25) is 0 Å². The Morgan fingerprint density at radius 2 is 1.93 bits per heavy atom. The summed E-state index contributed by atoms with van der Waals surface area (Å²) in [6.45, 7) is 0. The maximum absolute atomic E-state index is 5.87. The van der Waals surface area contributed by atoms with Crippen LogP contribution in [0.25, 0.3) is 0 Å². The number of benzene rings is 1. The molecule has 2 aliphatic rings. The maximum Gasteiger partial charge on any atom is 0.133 e.